The highest BCUT2D eigenvalue weighted by molar-refractivity contribution is 5.94. The maximum Gasteiger partial charge on any atom is 0.150 e. The van der Waals surface area contributed by atoms with Gasteiger partial charge in [0.15, 0.2) is 6.23 Å². The largest absolute Gasteiger partial charge is 0.491 e. The van der Waals surface area contributed by atoms with Crippen LogP contribution < -0.4 is 4.74 Å². The van der Waals surface area contributed by atoms with Crippen LogP contribution in [-0.4, -0.2) is 59.2 Å². The second-order valence-electron chi connectivity index (χ2n) is 7.76. The summed E-state index contributed by atoms with van der Waals surface area (Å²) in [5.41, 5.74) is 3.95. The topological polar surface area (TPSA) is 72.6 Å². The lowest BCUT2D eigenvalue weighted by atomic mass is 10.1. The summed E-state index contributed by atoms with van der Waals surface area (Å²) in [4.78, 5) is 0. The van der Waals surface area contributed by atoms with Gasteiger partial charge in [-0.1, -0.05) is 0 Å². The van der Waals surface area contributed by atoms with Crippen molar-refractivity contribution in [2.24, 2.45) is 0 Å². The minimum absolute atomic E-state index is 0.0342. The van der Waals surface area contributed by atoms with Crippen LogP contribution in [0.15, 0.2) is 24.4 Å². The molecule has 2 aromatic heterocycles. The van der Waals surface area contributed by atoms with Crippen molar-refractivity contribution in [3.63, 3.8) is 0 Å². The monoisotopic (exact) mass is 412 g/mol. The van der Waals surface area contributed by atoms with Crippen LogP contribution in [0.1, 0.15) is 31.2 Å². The van der Waals surface area contributed by atoms with E-state index >= 15 is 0 Å². The van der Waals surface area contributed by atoms with Crippen molar-refractivity contribution in [3.05, 3.63) is 30.1 Å². The molecule has 0 aliphatic carbocycles. The number of hydrogen-bond acceptors (Lipinski definition) is 6. The van der Waals surface area contributed by atoms with E-state index in [-0.39, 0.29) is 6.23 Å². The molecule has 5 rings (SSSR count). The molecule has 1 atom stereocenters. The minimum Gasteiger partial charge on any atom is -0.491 e. The van der Waals surface area contributed by atoms with Gasteiger partial charge in [0.2, 0.25) is 0 Å². The van der Waals surface area contributed by atoms with E-state index in [0.29, 0.717) is 39.6 Å². The van der Waals surface area contributed by atoms with Crippen molar-refractivity contribution < 1.29 is 18.9 Å². The summed E-state index contributed by atoms with van der Waals surface area (Å²) in [6.45, 7) is 6.24. The lowest BCUT2D eigenvalue weighted by Crippen LogP contribution is -2.19. The average Bonchev–Trinajstić information content (AvgIpc) is 3.32. The smallest absolute Gasteiger partial charge is 0.150 e. The third-order valence-corrected chi connectivity index (χ3v) is 5.64. The first-order valence-corrected chi connectivity index (χ1v) is 10.8. The van der Waals surface area contributed by atoms with Gasteiger partial charge in [-0.2, -0.15) is 10.2 Å². The summed E-state index contributed by atoms with van der Waals surface area (Å²) in [6.07, 6.45) is 5.26. The number of hydrogen-bond donors (Lipinski definition) is 0. The molecule has 1 saturated heterocycles. The Labute approximate surface area is 175 Å². The first kappa shape index (κ1) is 19.5. The Bertz CT molecular complexity index is 1010. The van der Waals surface area contributed by atoms with Gasteiger partial charge >= 0.3 is 0 Å². The molecule has 1 aromatic carbocycles. The molecule has 4 heterocycles. The van der Waals surface area contributed by atoms with Crippen LogP contribution in [0, 0.1) is 6.92 Å². The zero-order valence-electron chi connectivity index (χ0n) is 17.4. The first-order chi connectivity index (χ1) is 14.8. The predicted octanol–water partition coefficient (Wildman–Crippen LogP) is 3.33. The Morgan fingerprint density at radius 2 is 1.83 bits per heavy atom. The lowest BCUT2D eigenvalue weighted by molar-refractivity contribution is -0.0365. The second kappa shape index (κ2) is 8.75. The van der Waals surface area contributed by atoms with E-state index < -0.39 is 0 Å². The average molecular weight is 412 g/mol. The third-order valence-electron chi connectivity index (χ3n) is 5.64. The van der Waals surface area contributed by atoms with Crippen LogP contribution >= 0.6 is 0 Å². The number of aryl methyl sites for hydroxylation is 1. The summed E-state index contributed by atoms with van der Waals surface area (Å²) in [6, 6.07) is 6.15. The van der Waals surface area contributed by atoms with Crippen molar-refractivity contribution in [1.82, 2.24) is 19.6 Å². The van der Waals surface area contributed by atoms with E-state index in [9.17, 15) is 0 Å². The molecule has 2 aliphatic heterocycles. The van der Waals surface area contributed by atoms with E-state index in [4.69, 9.17) is 24.0 Å². The molecular formula is C22H28N4O4. The molecule has 0 radical (unpaired) electrons. The van der Waals surface area contributed by atoms with Crippen LogP contribution in [0.4, 0.5) is 0 Å². The van der Waals surface area contributed by atoms with Crippen molar-refractivity contribution in [3.8, 4) is 17.0 Å². The number of benzene rings is 1. The molecule has 30 heavy (non-hydrogen) atoms. The molecule has 1 unspecified atom stereocenters. The van der Waals surface area contributed by atoms with Crippen molar-refractivity contribution >= 4 is 10.9 Å². The van der Waals surface area contributed by atoms with Gasteiger partial charge in [0.1, 0.15) is 18.1 Å². The number of rotatable bonds is 1. The zero-order chi connectivity index (χ0) is 20.3. The highest BCUT2D eigenvalue weighted by Crippen LogP contribution is 2.35. The van der Waals surface area contributed by atoms with Gasteiger partial charge in [-0.25, -0.2) is 4.68 Å². The molecule has 1 fully saturated rings. The molecule has 8 heteroatoms. The Morgan fingerprint density at radius 1 is 0.967 bits per heavy atom. The second-order valence-corrected chi connectivity index (χ2v) is 7.76. The van der Waals surface area contributed by atoms with E-state index in [1.54, 1.807) is 0 Å². The van der Waals surface area contributed by atoms with Gasteiger partial charge in [-0.05, 0) is 44.4 Å². The molecule has 2 aliphatic rings. The van der Waals surface area contributed by atoms with Crippen molar-refractivity contribution in [2.75, 3.05) is 39.6 Å². The summed E-state index contributed by atoms with van der Waals surface area (Å²) in [5.74, 6) is 0.810. The maximum absolute atomic E-state index is 6.04. The summed E-state index contributed by atoms with van der Waals surface area (Å²) < 4.78 is 27.2. The van der Waals surface area contributed by atoms with Gasteiger partial charge in [0, 0.05) is 23.8 Å². The van der Waals surface area contributed by atoms with Crippen LogP contribution in [0.25, 0.3) is 22.2 Å². The lowest BCUT2D eigenvalue weighted by Gasteiger charge is -2.23. The maximum atomic E-state index is 6.04. The predicted molar refractivity (Wildman–Crippen MR) is 112 cm³/mol. The number of nitrogens with zero attached hydrogens (tertiary/aromatic N) is 4. The normalized spacial score (nSPS) is 21.0. The van der Waals surface area contributed by atoms with Gasteiger partial charge in [0.05, 0.1) is 44.2 Å². The highest BCUT2D eigenvalue weighted by Gasteiger charge is 2.23. The number of ether oxygens (including phenoxy) is 4. The fourth-order valence-electron chi connectivity index (χ4n) is 4.11. The Kier molecular flexibility index (Phi) is 5.70. The Hall–Kier alpha value is -2.42. The summed E-state index contributed by atoms with van der Waals surface area (Å²) in [7, 11) is 0. The van der Waals surface area contributed by atoms with Gasteiger partial charge in [-0.15, -0.1) is 0 Å². The fraction of sp³-hybridized carbons (Fsp3) is 0.545. The van der Waals surface area contributed by atoms with Gasteiger partial charge < -0.3 is 18.9 Å². The third kappa shape index (κ3) is 3.95. The highest BCUT2D eigenvalue weighted by atomic mass is 16.5. The van der Waals surface area contributed by atoms with E-state index in [2.05, 4.69) is 23.4 Å². The number of aromatic nitrogens is 4. The molecule has 0 saturated carbocycles. The quantitative estimate of drug-likeness (QED) is 0.611. The Balaban J connectivity index is 1.60. The fourth-order valence-corrected chi connectivity index (χ4v) is 4.11. The van der Waals surface area contributed by atoms with Gasteiger partial charge in [0.25, 0.3) is 0 Å². The van der Waals surface area contributed by atoms with Gasteiger partial charge in [-0.3, -0.25) is 4.68 Å². The van der Waals surface area contributed by atoms with Crippen molar-refractivity contribution in [1.29, 1.82) is 0 Å². The molecule has 3 aromatic rings. The minimum atomic E-state index is -0.0342. The van der Waals surface area contributed by atoms with E-state index in [1.165, 1.54) is 0 Å². The van der Waals surface area contributed by atoms with Crippen LogP contribution in [0.3, 0.4) is 0 Å². The van der Waals surface area contributed by atoms with Crippen molar-refractivity contribution in [2.45, 2.75) is 39.0 Å². The molecule has 0 N–H and O–H groups in total. The Morgan fingerprint density at radius 3 is 2.70 bits per heavy atom. The standard InChI is InChI=1S/C22H28N4O4/c1-16-19-15-25(23-16)7-9-27-10-11-28-12-13-29-17-5-6-20-18(14-17)22(19)24-26(20)21-4-2-3-8-30-21/h5-6,14-15,21H,2-4,7-13H2,1H3. The number of fused-ring (bicyclic) bond motifs is 4. The van der Waals surface area contributed by atoms with Crippen LogP contribution in [0.2, 0.25) is 0 Å². The first-order valence-electron chi connectivity index (χ1n) is 10.8. The molecule has 8 nitrogen and oxygen atoms in total. The molecule has 0 spiro atoms. The van der Waals surface area contributed by atoms with Crippen LogP contribution in [0.5, 0.6) is 5.75 Å². The summed E-state index contributed by atoms with van der Waals surface area (Å²) in [5, 5.41) is 10.7. The molecular weight excluding hydrogens is 384 g/mol. The zero-order valence-corrected chi connectivity index (χ0v) is 17.4. The van der Waals surface area contributed by atoms with Crippen LogP contribution in [-0.2, 0) is 20.8 Å². The molecule has 4 bridgehead atoms. The SMILES string of the molecule is Cc1nn2cc1-c1nn(C3CCCCO3)c3ccc(cc13)OCCOCCOCC2. The van der Waals surface area contributed by atoms with E-state index in [1.807, 2.05) is 22.4 Å². The van der Waals surface area contributed by atoms with E-state index in [0.717, 1.165) is 59.5 Å². The molecule has 160 valence electrons. The molecule has 0 amide bonds. The summed E-state index contributed by atoms with van der Waals surface area (Å²) >= 11 is 0.